The quantitative estimate of drug-likeness (QED) is 0.751. The summed E-state index contributed by atoms with van der Waals surface area (Å²) in [7, 11) is 0. The second kappa shape index (κ2) is 6.38. The predicted octanol–water partition coefficient (Wildman–Crippen LogP) is 1.60. The first kappa shape index (κ1) is 12.9. The number of imidazole rings is 1. The monoisotopic (exact) mass is 257 g/mol. The van der Waals surface area contributed by atoms with E-state index in [1.165, 1.54) is 0 Å². The maximum Gasteiger partial charge on any atom is 0.0945 e. The van der Waals surface area contributed by atoms with Crippen molar-refractivity contribution in [3.05, 3.63) is 18.7 Å². The van der Waals surface area contributed by atoms with Crippen LogP contribution in [0.1, 0.15) is 13.3 Å². The van der Waals surface area contributed by atoms with E-state index in [0.29, 0.717) is 11.9 Å². The number of morpholine rings is 1. The van der Waals surface area contributed by atoms with Crippen molar-refractivity contribution in [2.45, 2.75) is 32.0 Å². The maximum absolute atomic E-state index is 5.84. The molecule has 2 atom stereocenters. The van der Waals surface area contributed by atoms with E-state index in [2.05, 4.69) is 21.4 Å². The van der Waals surface area contributed by atoms with Crippen LogP contribution in [0.3, 0.4) is 0 Å². The first-order chi connectivity index (χ1) is 8.29. The van der Waals surface area contributed by atoms with E-state index >= 15 is 0 Å². The average Bonchev–Trinajstić information content (AvgIpc) is 2.84. The molecular formula is C12H20ClN3O. The summed E-state index contributed by atoms with van der Waals surface area (Å²) < 4.78 is 7.75. The zero-order valence-electron chi connectivity index (χ0n) is 10.3. The molecule has 0 aromatic carbocycles. The molecule has 1 fully saturated rings. The number of aromatic nitrogens is 2. The van der Waals surface area contributed by atoms with Crippen LogP contribution < -0.4 is 0 Å². The summed E-state index contributed by atoms with van der Waals surface area (Å²) in [6.07, 6.45) is 7.02. The largest absolute Gasteiger partial charge is 0.374 e. The third-order valence-corrected chi connectivity index (χ3v) is 3.57. The van der Waals surface area contributed by atoms with Gasteiger partial charge in [0.25, 0.3) is 0 Å². The predicted molar refractivity (Wildman–Crippen MR) is 68.3 cm³/mol. The Kier molecular flexibility index (Phi) is 4.83. The van der Waals surface area contributed by atoms with E-state index < -0.39 is 0 Å². The van der Waals surface area contributed by atoms with Gasteiger partial charge in [0, 0.05) is 43.9 Å². The molecule has 1 aliphatic rings. The number of rotatable bonds is 5. The van der Waals surface area contributed by atoms with Crippen LogP contribution in [-0.2, 0) is 11.3 Å². The van der Waals surface area contributed by atoms with Crippen molar-refractivity contribution in [1.82, 2.24) is 14.5 Å². The Morgan fingerprint density at radius 3 is 3.06 bits per heavy atom. The summed E-state index contributed by atoms with van der Waals surface area (Å²) in [4.78, 5) is 6.51. The highest BCUT2D eigenvalue weighted by Gasteiger charge is 2.24. The molecule has 2 heterocycles. The molecule has 0 spiro atoms. The molecule has 0 N–H and O–H groups in total. The number of nitrogens with zero attached hydrogens (tertiary/aromatic N) is 3. The van der Waals surface area contributed by atoms with Crippen molar-refractivity contribution in [2.24, 2.45) is 0 Å². The number of halogens is 1. The van der Waals surface area contributed by atoms with E-state index in [4.69, 9.17) is 16.3 Å². The van der Waals surface area contributed by atoms with Gasteiger partial charge in [0.05, 0.1) is 19.0 Å². The van der Waals surface area contributed by atoms with Gasteiger partial charge >= 0.3 is 0 Å². The summed E-state index contributed by atoms with van der Waals surface area (Å²) in [5, 5.41) is 0. The molecule has 0 saturated carbocycles. The Balaban J connectivity index is 1.73. The lowest BCUT2D eigenvalue weighted by atomic mass is 10.2. The number of hydrogen-bond acceptors (Lipinski definition) is 3. The normalized spacial score (nSPS) is 26.2. The summed E-state index contributed by atoms with van der Waals surface area (Å²) in [6, 6.07) is 0.497. The lowest BCUT2D eigenvalue weighted by Crippen LogP contribution is -2.49. The smallest absolute Gasteiger partial charge is 0.0945 e. The average molecular weight is 258 g/mol. The third kappa shape index (κ3) is 3.69. The molecule has 0 bridgehead atoms. The van der Waals surface area contributed by atoms with Crippen LogP contribution in [-0.4, -0.2) is 52.2 Å². The van der Waals surface area contributed by atoms with Gasteiger partial charge in [0.15, 0.2) is 0 Å². The number of ether oxygens (including phenoxy) is 1. The fourth-order valence-electron chi connectivity index (χ4n) is 2.16. The van der Waals surface area contributed by atoms with Gasteiger partial charge in [-0.25, -0.2) is 4.98 Å². The molecular weight excluding hydrogens is 238 g/mol. The molecule has 1 aromatic heterocycles. The zero-order chi connectivity index (χ0) is 12.1. The van der Waals surface area contributed by atoms with Crippen LogP contribution in [0.15, 0.2) is 18.7 Å². The van der Waals surface area contributed by atoms with Gasteiger partial charge in [-0.15, -0.1) is 11.6 Å². The fraction of sp³-hybridized carbons (Fsp3) is 0.750. The highest BCUT2D eigenvalue weighted by atomic mass is 35.5. The number of hydrogen-bond donors (Lipinski definition) is 0. The minimum absolute atomic E-state index is 0.195. The summed E-state index contributed by atoms with van der Waals surface area (Å²) >= 11 is 5.84. The standard InChI is InChI=1S/C12H20ClN3O/c1-11-9-17-12(7-13)8-16(11)5-2-4-15-6-3-14-10-15/h3,6,10-12H,2,4-5,7-9H2,1H3. The summed E-state index contributed by atoms with van der Waals surface area (Å²) in [5.41, 5.74) is 0. The Morgan fingerprint density at radius 2 is 2.35 bits per heavy atom. The lowest BCUT2D eigenvalue weighted by Gasteiger charge is -2.37. The Morgan fingerprint density at radius 1 is 1.47 bits per heavy atom. The van der Waals surface area contributed by atoms with Crippen molar-refractivity contribution < 1.29 is 4.74 Å². The summed E-state index contributed by atoms with van der Waals surface area (Å²) in [5.74, 6) is 0.588. The highest BCUT2D eigenvalue weighted by molar-refractivity contribution is 6.18. The van der Waals surface area contributed by atoms with Crippen molar-refractivity contribution >= 4 is 11.6 Å². The first-order valence-corrected chi connectivity index (χ1v) is 6.70. The highest BCUT2D eigenvalue weighted by Crippen LogP contribution is 2.13. The molecule has 96 valence electrons. The molecule has 2 rings (SSSR count). The molecule has 2 unspecified atom stereocenters. The topological polar surface area (TPSA) is 30.3 Å². The first-order valence-electron chi connectivity index (χ1n) is 6.17. The van der Waals surface area contributed by atoms with Gasteiger partial charge in [-0.3, -0.25) is 4.90 Å². The van der Waals surface area contributed by atoms with E-state index in [-0.39, 0.29) is 6.10 Å². The van der Waals surface area contributed by atoms with E-state index in [1.54, 1.807) is 0 Å². The molecule has 17 heavy (non-hydrogen) atoms. The van der Waals surface area contributed by atoms with Crippen molar-refractivity contribution in [3.63, 3.8) is 0 Å². The number of alkyl halides is 1. The molecule has 1 aliphatic heterocycles. The van der Waals surface area contributed by atoms with Gasteiger partial charge in [0.1, 0.15) is 0 Å². The Hall–Kier alpha value is -0.580. The molecule has 1 saturated heterocycles. The molecule has 0 aliphatic carbocycles. The number of aryl methyl sites for hydroxylation is 1. The van der Waals surface area contributed by atoms with Crippen molar-refractivity contribution in [3.8, 4) is 0 Å². The fourth-order valence-corrected chi connectivity index (χ4v) is 2.34. The van der Waals surface area contributed by atoms with Crippen LogP contribution in [0, 0.1) is 0 Å². The van der Waals surface area contributed by atoms with Gasteiger partial charge in [-0.05, 0) is 13.3 Å². The molecule has 1 aromatic rings. The van der Waals surface area contributed by atoms with Crippen LogP contribution in [0.2, 0.25) is 0 Å². The van der Waals surface area contributed by atoms with Gasteiger partial charge < -0.3 is 9.30 Å². The van der Waals surface area contributed by atoms with Crippen LogP contribution in [0.5, 0.6) is 0 Å². The second-order valence-corrected chi connectivity index (χ2v) is 4.92. The van der Waals surface area contributed by atoms with Gasteiger partial charge in [0.2, 0.25) is 0 Å². The van der Waals surface area contributed by atoms with Crippen LogP contribution in [0.4, 0.5) is 0 Å². The Bertz CT molecular complexity index is 318. The van der Waals surface area contributed by atoms with Crippen LogP contribution >= 0.6 is 11.6 Å². The maximum atomic E-state index is 5.84. The SMILES string of the molecule is CC1COC(CCl)CN1CCCn1ccnc1. The minimum Gasteiger partial charge on any atom is -0.374 e. The van der Waals surface area contributed by atoms with Gasteiger partial charge in [-0.1, -0.05) is 0 Å². The summed E-state index contributed by atoms with van der Waals surface area (Å²) in [6.45, 7) is 6.07. The van der Waals surface area contributed by atoms with Crippen LogP contribution in [0.25, 0.3) is 0 Å². The molecule has 0 amide bonds. The van der Waals surface area contributed by atoms with Crippen molar-refractivity contribution in [2.75, 3.05) is 25.6 Å². The molecule has 0 radical (unpaired) electrons. The molecule has 5 heteroatoms. The van der Waals surface area contributed by atoms with Crippen molar-refractivity contribution in [1.29, 1.82) is 0 Å². The van der Waals surface area contributed by atoms with E-state index in [0.717, 1.165) is 32.7 Å². The minimum atomic E-state index is 0.195. The zero-order valence-corrected chi connectivity index (χ0v) is 11.0. The second-order valence-electron chi connectivity index (χ2n) is 4.61. The van der Waals surface area contributed by atoms with E-state index in [9.17, 15) is 0 Å². The lowest BCUT2D eigenvalue weighted by molar-refractivity contribution is -0.0481. The van der Waals surface area contributed by atoms with Gasteiger partial charge in [-0.2, -0.15) is 0 Å². The third-order valence-electron chi connectivity index (χ3n) is 3.23. The Labute approximate surface area is 108 Å². The van der Waals surface area contributed by atoms with E-state index in [1.807, 2.05) is 18.7 Å². The molecule has 4 nitrogen and oxygen atoms in total.